The van der Waals surface area contributed by atoms with Gasteiger partial charge in [0.25, 0.3) is 0 Å². The predicted molar refractivity (Wildman–Crippen MR) is 65.5 cm³/mol. The molecule has 92 valence electrons. The Kier molecular flexibility index (Phi) is 3.62. The molecule has 0 bridgehead atoms. The number of benzene rings is 1. The average Bonchev–Trinajstić information content (AvgIpc) is 2.74. The quantitative estimate of drug-likeness (QED) is 0.825. The zero-order valence-electron chi connectivity index (χ0n) is 9.63. The molecule has 0 saturated heterocycles. The Labute approximate surface area is 102 Å². The maximum absolute atomic E-state index is 12.0. The van der Waals surface area contributed by atoms with Crippen LogP contribution in [0.2, 0.25) is 0 Å². The number of ketones is 1. The fourth-order valence-corrected chi connectivity index (χ4v) is 3.66. The topological polar surface area (TPSA) is 51.2 Å². The Morgan fingerprint density at radius 2 is 1.88 bits per heavy atom. The van der Waals surface area contributed by atoms with Gasteiger partial charge in [0.2, 0.25) is 0 Å². The summed E-state index contributed by atoms with van der Waals surface area (Å²) in [7, 11) is -3.18. The Balaban J connectivity index is 1.97. The molecule has 1 aliphatic rings. The molecule has 1 aliphatic carbocycles. The summed E-state index contributed by atoms with van der Waals surface area (Å²) in [5.41, 5.74) is 0. The second-order valence-electron chi connectivity index (χ2n) is 4.57. The minimum absolute atomic E-state index is 0.148. The van der Waals surface area contributed by atoms with Crippen LogP contribution in [0.1, 0.15) is 25.7 Å². The molecule has 0 aliphatic heterocycles. The predicted octanol–water partition coefficient (Wildman–Crippen LogP) is 2.22. The molecule has 0 radical (unpaired) electrons. The van der Waals surface area contributed by atoms with Crippen LogP contribution in [0.5, 0.6) is 0 Å². The number of sulfone groups is 1. The van der Waals surface area contributed by atoms with Gasteiger partial charge in [-0.3, -0.25) is 4.79 Å². The summed E-state index contributed by atoms with van der Waals surface area (Å²) < 4.78 is 24.0. The zero-order chi connectivity index (χ0) is 12.3. The Morgan fingerprint density at radius 3 is 2.47 bits per heavy atom. The van der Waals surface area contributed by atoms with E-state index in [9.17, 15) is 13.2 Å². The van der Waals surface area contributed by atoms with Gasteiger partial charge < -0.3 is 0 Å². The summed E-state index contributed by atoms with van der Waals surface area (Å²) in [4.78, 5) is 11.5. The molecule has 1 aromatic rings. The molecule has 0 amide bonds. The van der Waals surface area contributed by atoms with Crippen molar-refractivity contribution in [3.05, 3.63) is 30.3 Å². The number of hydrogen-bond donors (Lipinski definition) is 0. The van der Waals surface area contributed by atoms with Gasteiger partial charge in [-0.1, -0.05) is 18.2 Å². The first-order chi connectivity index (χ1) is 8.08. The van der Waals surface area contributed by atoms with Crippen molar-refractivity contribution in [2.75, 3.05) is 5.75 Å². The lowest BCUT2D eigenvalue weighted by Crippen LogP contribution is -2.10. The highest BCUT2D eigenvalue weighted by Gasteiger charge is 2.24. The normalized spacial score (nSPS) is 20.7. The van der Waals surface area contributed by atoms with Crippen molar-refractivity contribution >= 4 is 15.6 Å². The lowest BCUT2D eigenvalue weighted by Gasteiger charge is -2.08. The van der Waals surface area contributed by atoms with Gasteiger partial charge in [0.1, 0.15) is 5.78 Å². The van der Waals surface area contributed by atoms with E-state index in [2.05, 4.69) is 0 Å². The van der Waals surface area contributed by atoms with Crippen molar-refractivity contribution in [3.63, 3.8) is 0 Å². The van der Waals surface area contributed by atoms with Crippen molar-refractivity contribution < 1.29 is 13.2 Å². The van der Waals surface area contributed by atoms with E-state index in [1.165, 1.54) is 0 Å². The number of hydrogen-bond acceptors (Lipinski definition) is 3. The van der Waals surface area contributed by atoms with E-state index < -0.39 is 9.84 Å². The summed E-state index contributed by atoms with van der Waals surface area (Å²) in [6, 6.07) is 8.50. The molecular weight excluding hydrogens is 236 g/mol. The summed E-state index contributed by atoms with van der Waals surface area (Å²) in [6.07, 6.45) is 2.63. The van der Waals surface area contributed by atoms with Gasteiger partial charge >= 0.3 is 0 Å². The third-order valence-corrected chi connectivity index (χ3v) is 5.01. The number of carbonyl (C=O) groups excluding carboxylic acids is 1. The summed E-state index contributed by atoms with van der Waals surface area (Å²) in [6.45, 7) is 0. The second-order valence-corrected chi connectivity index (χ2v) is 6.68. The minimum atomic E-state index is -3.18. The Morgan fingerprint density at radius 1 is 1.18 bits per heavy atom. The van der Waals surface area contributed by atoms with Crippen LogP contribution in [0, 0.1) is 5.92 Å². The molecule has 0 heterocycles. The van der Waals surface area contributed by atoms with Crippen LogP contribution in [0.15, 0.2) is 35.2 Å². The van der Waals surface area contributed by atoms with Gasteiger partial charge in [-0.15, -0.1) is 0 Å². The molecule has 1 atom stereocenters. The first-order valence-electron chi connectivity index (χ1n) is 5.87. The van der Waals surface area contributed by atoms with E-state index in [1.807, 2.05) is 0 Å². The van der Waals surface area contributed by atoms with E-state index in [0.29, 0.717) is 24.2 Å². The number of rotatable bonds is 4. The van der Waals surface area contributed by atoms with Crippen molar-refractivity contribution in [1.82, 2.24) is 0 Å². The summed E-state index contributed by atoms with van der Waals surface area (Å²) >= 11 is 0. The molecule has 0 aromatic heterocycles. The molecule has 0 spiro atoms. The summed E-state index contributed by atoms with van der Waals surface area (Å²) in [5.74, 6) is 0.683. The average molecular weight is 252 g/mol. The lowest BCUT2D eigenvalue weighted by atomic mass is 10.1. The molecule has 1 unspecified atom stereocenters. The van der Waals surface area contributed by atoms with Crippen molar-refractivity contribution in [2.45, 2.75) is 30.6 Å². The third kappa shape index (κ3) is 3.16. The van der Waals surface area contributed by atoms with Crippen LogP contribution < -0.4 is 0 Å². The van der Waals surface area contributed by atoms with Gasteiger partial charge in [0.15, 0.2) is 9.84 Å². The van der Waals surface area contributed by atoms with E-state index in [0.717, 1.165) is 6.42 Å². The molecule has 1 fully saturated rings. The van der Waals surface area contributed by atoms with E-state index >= 15 is 0 Å². The second kappa shape index (κ2) is 5.00. The standard InChI is InChI=1S/C13H16O3S/c14-12-7-6-11(10-12)8-9-17(15,16)13-4-2-1-3-5-13/h1-5,11H,6-10H2. The van der Waals surface area contributed by atoms with Crippen LogP contribution >= 0.6 is 0 Å². The number of Topliss-reactive ketones (excluding diaryl/α,β-unsaturated/α-hetero) is 1. The van der Waals surface area contributed by atoms with Crippen molar-refractivity contribution in [2.24, 2.45) is 5.92 Å². The van der Waals surface area contributed by atoms with Gasteiger partial charge in [-0.05, 0) is 30.9 Å². The Hall–Kier alpha value is -1.16. The molecule has 0 N–H and O–H groups in total. The largest absolute Gasteiger partial charge is 0.300 e. The first-order valence-corrected chi connectivity index (χ1v) is 7.53. The first kappa shape index (κ1) is 12.3. The van der Waals surface area contributed by atoms with Gasteiger partial charge in [-0.2, -0.15) is 0 Å². The molecule has 4 heteroatoms. The Bertz CT molecular complexity index is 491. The monoisotopic (exact) mass is 252 g/mol. The lowest BCUT2D eigenvalue weighted by molar-refractivity contribution is -0.117. The van der Waals surface area contributed by atoms with Crippen LogP contribution in [-0.4, -0.2) is 20.0 Å². The third-order valence-electron chi connectivity index (χ3n) is 3.24. The smallest absolute Gasteiger partial charge is 0.178 e. The highest BCUT2D eigenvalue weighted by Crippen LogP contribution is 2.26. The fourth-order valence-electron chi connectivity index (χ4n) is 2.21. The van der Waals surface area contributed by atoms with E-state index in [4.69, 9.17) is 0 Å². The van der Waals surface area contributed by atoms with Gasteiger partial charge in [0, 0.05) is 12.8 Å². The maximum atomic E-state index is 12.0. The van der Waals surface area contributed by atoms with E-state index in [1.54, 1.807) is 30.3 Å². The maximum Gasteiger partial charge on any atom is 0.178 e. The highest BCUT2D eigenvalue weighted by atomic mass is 32.2. The van der Waals surface area contributed by atoms with Gasteiger partial charge in [-0.25, -0.2) is 8.42 Å². The van der Waals surface area contributed by atoms with Crippen molar-refractivity contribution in [1.29, 1.82) is 0 Å². The van der Waals surface area contributed by atoms with Crippen LogP contribution in [0.3, 0.4) is 0 Å². The van der Waals surface area contributed by atoms with Gasteiger partial charge in [0.05, 0.1) is 10.6 Å². The molecule has 1 aromatic carbocycles. The minimum Gasteiger partial charge on any atom is -0.300 e. The van der Waals surface area contributed by atoms with E-state index in [-0.39, 0.29) is 17.5 Å². The molecule has 17 heavy (non-hydrogen) atoms. The molecule has 1 saturated carbocycles. The fraction of sp³-hybridized carbons (Fsp3) is 0.462. The summed E-state index contributed by atoms with van der Waals surface area (Å²) in [5, 5.41) is 0. The molecular formula is C13H16O3S. The molecule has 3 nitrogen and oxygen atoms in total. The highest BCUT2D eigenvalue weighted by molar-refractivity contribution is 7.91. The van der Waals surface area contributed by atoms with Crippen molar-refractivity contribution in [3.8, 4) is 0 Å². The SMILES string of the molecule is O=C1CCC(CCS(=O)(=O)c2ccccc2)C1. The zero-order valence-corrected chi connectivity index (χ0v) is 10.4. The molecule has 2 rings (SSSR count). The van der Waals surface area contributed by atoms with Crippen LogP contribution in [0.25, 0.3) is 0 Å². The number of carbonyl (C=O) groups is 1. The van der Waals surface area contributed by atoms with Crippen LogP contribution in [0.4, 0.5) is 0 Å². The van der Waals surface area contributed by atoms with Crippen LogP contribution in [-0.2, 0) is 14.6 Å².